The zero-order chi connectivity index (χ0) is 50.2. The maximum atomic E-state index is 12.6. The number of amides is 1. The van der Waals surface area contributed by atoms with Crippen LogP contribution in [0.5, 0.6) is 0 Å². The van der Waals surface area contributed by atoms with Gasteiger partial charge >= 0.3 is 0 Å². The monoisotopic (exact) mass is 968 g/mol. The highest BCUT2D eigenvalue weighted by Gasteiger charge is 2.28. The van der Waals surface area contributed by atoms with Gasteiger partial charge in [0, 0.05) is 0 Å². The van der Waals surface area contributed by atoms with E-state index in [0.29, 0.717) is 19.3 Å². The van der Waals surface area contributed by atoms with Gasteiger partial charge in [0.05, 0.1) is 18.8 Å². The second-order valence-corrected chi connectivity index (χ2v) is 20.7. The molecule has 4 unspecified atom stereocenters. The highest BCUT2D eigenvalue weighted by Crippen LogP contribution is 2.17. The lowest BCUT2D eigenvalue weighted by Crippen LogP contribution is -2.53. The SMILES string of the molecule is CCCC/C=C/CC/C=C/CC/C=C/CCCC(O)C(O)C(CO)NC(=O)C(O)CCCCCCCCCCCCCCCCCC/C=C\C/C=C\CCCCCCCCCCCCCCCCC. The fourth-order valence-corrected chi connectivity index (χ4v) is 9.16. The van der Waals surface area contributed by atoms with Crippen molar-refractivity contribution in [1.29, 1.82) is 0 Å². The van der Waals surface area contributed by atoms with Gasteiger partial charge in [-0.3, -0.25) is 4.79 Å². The molecular weight excluding hydrogens is 851 g/mol. The van der Waals surface area contributed by atoms with Crippen LogP contribution in [-0.2, 0) is 4.79 Å². The molecule has 0 saturated heterocycles. The Hall–Kier alpha value is -1.99. The van der Waals surface area contributed by atoms with Gasteiger partial charge in [-0.2, -0.15) is 0 Å². The van der Waals surface area contributed by atoms with E-state index in [4.69, 9.17) is 0 Å². The Morgan fingerprint density at radius 3 is 1.04 bits per heavy atom. The molecular formula is C63H117NO5. The first-order valence-electron chi connectivity index (χ1n) is 30.2. The van der Waals surface area contributed by atoms with Gasteiger partial charge in [0.2, 0.25) is 5.91 Å². The fourth-order valence-electron chi connectivity index (χ4n) is 9.16. The Bertz CT molecular complexity index is 1180. The lowest BCUT2D eigenvalue weighted by atomic mass is 10.00. The lowest BCUT2D eigenvalue weighted by molar-refractivity contribution is -0.132. The molecule has 0 rings (SSSR count). The van der Waals surface area contributed by atoms with E-state index in [1.807, 2.05) is 0 Å². The molecule has 0 aromatic carbocycles. The van der Waals surface area contributed by atoms with E-state index in [9.17, 15) is 25.2 Å². The summed E-state index contributed by atoms with van der Waals surface area (Å²) in [7, 11) is 0. The molecule has 0 aromatic heterocycles. The predicted molar refractivity (Wildman–Crippen MR) is 302 cm³/mol. The molecule has 6 heteroatoms. The summed E-state index contributed by atoms with van der Waals surface area (Å²) in [5.74, 6) is -0.599. The molecule has 0 fully saturated rings. The topological polar surface area (TPSA) is 110 Å². The summed E-state index contributed by atoms with van der Waals surface area (Å²) in [6.45, 7) is 4.01. The number of hydrogen-bond acceptors (Lipinski definition) is 5. The van der Waals surface area contributed by atoms with Gasteiger partial charge in [-0.1, -0.05) is 274 Å². The van der Waals surface area contributed by atoms with Gasteiger partial charge in [0.25, 0.3) is 0 Å². The van der Waals surface area contributed by atoms with Gasteiger partial charge in [-0.05, 0) is 89.9 Å². The zero-order valence-corrected chi connectivity index (χ0v) is 45.8. The first-order valence-corrected chi connectivity index (χ1v) is 30.2. The number of unbranched alkanes of at least 4 members (excludes halogenated alkanes) is 36. The zero-order valence-electron chi connectivity index (χ0n) is 45.8. The Kier molecular flexibility index (Phi) is 55.3. The molecule has 69 heavy (non-hydrogen) atoms. The van der Waals surface area contributed by atoms with E-state index < -0.39 is 36.9 Å². The molecule has 0 radical (unpaired) electrons. The van der Waals surface area contributed by atoms with E-state index in [0.717, 1.165) is 57.8 Å². The molecule has 0 saturated carbocycles. The first kappa shape index (κ1) is 67.0. The van der Waals surface area contributed by atoms with E-state index in [2.05, 4.69) is 79.9 Å². The van der Waals surface area contributed by atoms with Crippen LogP contribution in [0.15, 0.2) is 60.8 Å². The van der Waals surface area contributed by atoms with Crippen molar-refractivity contribution in [3.63, 3.8) is 0 Å². The number of carbonyl (C=O) groups is 1. The number of hydrogen-bond donors (Lipinski definition) is 5. The molecule has 6 nitrogen and oxygen atoms in total. The minimum Gasteiger partial charge on any atom is -0.394 e. The predicted octanol–water partition coefficient (Wildman–Crippen LogP) is 17.9. The number of rotatable bonds is 55. The standard InChI is InChI=1S/C63H117NO5/c1-3-5-7-9-11-13-15-17-19-20-21-22-23-24-25-26-27-28-29-30-31-32-33-34-35-36-37-38-39-40-41-43-45-47-49-51-53-55-57-61(67)63(69)64-59(58-65)62(68)60(66)56-54-52-50-48-46-44-42-18-16-14-12-10-8-6-4-2/h10,12,18,27-28,30-31,42,48,50,59-62,65-68H,3-9,11,13-17,19-26,29,32-41,43-47,49,51-58H2,1-2H3,(H,64,69)/b12-10+,28-27-,31-30-,42-18+,50-48+. The van der Waals surface area contributed by atoms with Crippen molar-refractivity contribution in [2.24, 2.45) is 0 Å². The van der Waals surface area contributed by atoms with Crippen molar-refractivity contribution in [3.05, 3.63) is 60.8 Å². The maximum absolute atomic E-state index is 12.6. The number of carbonyl (C=O) groups excluding carboxylic acids is 1. The average molecular weight is 969 g/mol. The van der Waals surface area contributed by atoms with Gasteiger partial charge in [-0.25, -0.2) is 0 Å². The van der Waals surface area contributed by atoms with Crippen LogP contribution in [-0.4, -0.2) is 57.3 Å². The third-order valence-corrected chi connectivity index (χ3v) is 13.9. The minimum atomic E-state index is -1.30. The number of allylic oxidation sites excluding steroid dienone is 10. The molecule has 0 aromatic rings. The molecule has 404 valence electrons. The van der Waals surface area contributed by atoms with Crippen LogP contribution in [0.3, 0.4) is 0 Å². The number of aliphatic hydroxyl groups excluding tert-OH is 4. The van der Waals surface area contributed by atoms with Crippen LogP contribution in [0.4, 0.5) is 0 Å². The third kappa shape index (κ3) is 50.7. The van der Waals surface area contributed by atoms with Gasteiger partial charge < -0.3 is 25.7 Å². The Labute approximate surface area is 429 Å². The largest absolute Gasteiger partial charge is 0.394 e. The normalized spacial score (nSPS) is 14.1. The number of aliphatic hydroxyl groups is 4. The van der Waals surface area contributed by atoms with Crippen LogP contribution < -0.4 is 5.32 Å². The molecule has 0 aliphatic rings. The van der Waals surface area contributed by atoms with E-state index >= 15 is 0 Å². The van der Waals surface area contributed by atoms with Crippen LogP contribution in [0.2, 0.25) is 0 Å². The van der Waals surface area contributed by atoms with Crippen molar-refractivity contribution < 1.29 is 25.2 Å². The highest BCUT2D eigenvalue weighted by atomic mass is 16.3. The van der Waals surface area contributed by atoms with Crippen LogP contribution in [0.25, 0.3) is 0 Å². The molecule has 5 N–H and O–H groups in total. The van der Waals surface area contributed by atoms with E-state index in [-0.39, 0.29) is 0 Å². The smallest absolute Gasteiger partial charge is 0.249 e. The average Bonchev–Trinajstić information content (AvgIpc) is 3.35. The quantitative estimate of drug-likeness (QED) is 0.0308. The second kappa shape index (κ2) is 56.9. The third-order valence-electron chi connectivity index (χ3n) is 13.9. The maximum Gasteiger partial charge on any atom is 0.249 e. The van der Waals surface area contributed by atoms with E-state index in [1.165, 1.54) is 212 Å². The van der Waals surface area contributed by atoms with Crippen molar-refractivity contribution in [1.82, 2.24) is 5.32 Å². The molecule has 0 spiro atoms. The molecule has 0 bridgehead atoms. The van der Waals surface area contributed by atoms with Crippen molar-refractivity contribution >= 4 is 5.91 Å². The molecule has 1 amide bonds. The number of nitrogens with one attached hydrogen (secondary N) is 1. The Morgan fingerprint density at radius 2 is 0.667 bits per heavy atom. The lowest BCUT2D eigenvalue weighted by Gasteiger charge is -2.27. The van der Waals surface area contributed by atoms with Crippen molar-refractivity contribution in [3.8, 4) is 0 Å². The minimum absolute atomic E-state index is 0.357. The Morgan fingerprint density at radius 1 is 0.362 bits per heavy atom. The second-order valence-electron chi connectivity index (χ2n) is 20.7. The fraction of sp³-hybridized carbons (Fsp3) is 0.825. The summed E-state index contributed by atoms with van der Waals surface area (Å²) in [5, 5.41) is 43.9. The Balaban J connectivity index is 3.57. The van der Waals surface area contributed by atoms with E-state index in [1.54, 1.807) is 0 Å². The van der Waals surface area contributed by atoms with Gasteiger partial charge in [-0.15, -0.1) is 0 Å². The highest BCUT2D eigenvalue weighted by molar-refractivity contribution is 5.80. The van der Waals surface area contributed by atoms with Crippen molar-refractivity contribution in [2.45, 2.75) is 327 Å². The molecule has 0 heterocycles. The molecule has 0 aliphatic carbocycles. The summed E-state index contributed by atoms with van der Waals surface area (Å²) < 4.78 is 0. The van der Waals surface area contributed by atoms with Crippen LogP contribution in [0.1, 0.15) is 303 Å². The van der Waals surface area contributed by atoms with Crippen molar-refractivity contribution in [2.75, 3.05) is 6.61 Å². The van der Waals surface area contributed by atoms with Crippen LogP contribution >= 0.6 is 0 Å². The van der Waals surface area contributed by atoms with Crippen LogP contribution in [0, 0.1) is 0 Å². The summed E-state index contributed by atoms with van der Waals surface area (Å²) in [5.41, 5.74) is 0. The summed E-state index contributed by atoms with van der Waals surface area (Å²) >= 11 is 0. The molecule has 4 atom stereocenters. The summed E-state index contributed by atoms with van der Waals surface area (Å²) in [6.07, 6.45) is 74.7. The summed E-state index contributed by atoms with van der Waals surface area (Å²) in [6, 6.07) is -1.01. The first-order chi connectivity index (χ1) is 34.0. The van der Waals surface area contributed by atoms with Gasteiger partial charge in [0.1, 0.15) is 12.2 Å². The van der Waals surface area contributed by atoms with Gasteiger partial charge in [0.15, 0.2) is 0 Å². The molecule has 0 aliphatic heterocycles. The summed E-state index contributed by atoms with van der Waals surface area (Å²) in [4.78, 5) is 12.6.